The molecule has 1 rings (SSSR count). The summed E-state index contributed by atoms with van der Waals surface area (Å²) in [6.45, 7) is 20.4. The predicted molar refractivity (Wildman–Crippen MR) is 105 cm³/mol. The second-order valence-electron chi connectivity index (χ2n) is 9.32. The third kappa shape index (κ3) is 4.25. The van der Waals surface area contributed by atoms with Crippen molar-refractivity contribution >= 4 is 8.32 Å². The molecule has 1 aliphatic rings. The molecule has 0 spiro atoms. The van der Waals surface area contributed by atoms with Crippen LogP contribution in [0.25, 0.3) is 10.4 Å². The fourth-order valence-electron chi connectivity index (χ4n) is 4.45. The number of rotatable bonds is 6. The average molecular weight is 352 g/mol. The molecule has 24 heavy (non-hydrogen) atoms. The van der Waals surface area contributed by atoms with E-state index < -0.39 is 14.0 Å². The van der Waals surface area contributed by atoms with Gasteiger partial charge in [0, 0.05) is 4.91 Å². The van der Waals surface area contributed by atoms with Crippen LogP contribution < -0.4 is 0 Å². The third-order valence-corrected chi connectivity index (χ3v) is 11.9. The standard InChI is InChI=1S/C19H37N3OSi/c1-14(2)24(15(3)4,16(5)6)23-19(21-22-20)12-10-17(11-13-19)18(7,8)9/h10,12,14-17H,11,13H2,1-9H3/t17-,19+/m1/s1. The van der Waals surface area contributed by atoms with Crippen LogP contribution in [0.3, 0.4) is 0 Å². The van der Waals surface area contributed by atoms with Crippen molar-refractivity contribution in [1.29, 1.82) is 0 Å². The first-order chi connectivity index (χ1) is 10.9. The fraction of sp³-hybridized carbons (Fsp3) is 0.895. The topological polar surface area (TPSA) is 58.0 Å². The fourth-order valence-corrected chi connectivity index (χ4v) is 9.98. The molecule has 0 aromatic rings. The molecule has 0 fully saturated rings. The largest absolute Gasteiger partial charge is 0.402 e. The summed E-state index contributed by atoms with van der Waals surface area (Å²) >= 11 is 0. The Kier molecular flexibility index (Phi) is 6.76. The summed E-state index contributed by atoms with van der Waals surface area (Å²) < 4.78 is 6.88. The summed E-state index contributed by atoms with van der Waals surface area (Å²) in [5.74, 6) is 0.497. The van der Waals surface area contributed by atoms with Crippen LogP contribution in [0.2, 0.25) is 16.6 Å². The smallest absolute Gasteiger partial charge is 0.201 e. The lowest BCUT2D eigenvalue weighted by molar-refractivity contribution is 0.0713. The van der Waals surface area contributed by atoms with Crippen LogP contribution >= 0.6 is 0 Å². The Bertz CT molecular complexity index is 479. The van der Waals surface area contributed by atoms with Crippen LogP contribution in [-0.2, 0) is 4.43 Å². The molecule has 1 aliphatic carbocycles. The summed E-state index contributed by atoms with van der Waals surface area (Å²) in [5.41, 5.74) is 10.0. The van der Waals surface area contributed by atoms with Crippen molar-refractivity contribution in [3.8, 4) is 0 Å². The highest BCUT2D eigenvalue weighted by atomic mass is 28.4. The minimum absolute atomic E-state index is 0.224. The average Bonchev–Trinajstić information content (AvgIpc) is 2.43. The first-order valence-corrected chi connectivity index (χ1v) is 11.5. The van der Waals surface area contributed by atoms with Gasteiger partial charge in [-0.15, -0.1) is 0 Å². The number of allylic oxidation sites excluding steroid dienone is 1. The van der Waals surface area contributed by atoms with Gasteiger partial charge in [-0.05, 0) is 46.3 Å². The molecule has 138 valence electrons. The van der Waals surface area contributed by atoms with E-state index in [0.29, 0.717) is 22.5 Å². The van der Waals surface area contributed by atoms with Gasteiger partial charge in [0.25, 0.3) is 0 Å². The monoisotopic (exact) mass is 351 g/mol. The summed E-state index contributed by atoms with van der Waals surface area (Å²) in [4.78, 5) is 3.15. The molecule has 0 heterocycles. The number of nitrogens with zero attached hydrogens (tertiary/aromatic N) is 3. The van der Waals surface area contributed by atoms with Gasteiger partial charge in [0.2, 0.25) is 8.32 Å². The highest BCUT2D eigenvalue weighted by Gasteiger charge is 2.50. The zero-order valence-electron chi connectivity index (χ0n) is 17.1. The Labute approximate surface area is 149 Å². The maximum Gasteiger partial charge on any atom is 0.201 e. The molecule has 0 radical (unpaired) electrons. The maximum absolute atomic E-state index is 9.18. The van der Waals surface area contributed by atoms with Crippen LogP contribution in [-0.4, -0.2) is 14.0 Å². The van der Waals surface area contributed by atoms with E-state index in [4.69, 9.17) is 4.43 Å². The van der Waals surface area contributed by atoms with Gasteiger partial charge < -0.3 is 4.43 Å². The predicted octanol–water partition coefficient (Wildman–Crippen LogP) is 7.20. The molecule has 5 heteroatoms. The van der Waals surface area contributed by atoms with Crippen molar-refractivity contribution in [1.82, 2.24) is 0 Å². The van der Waals surface area contributed by atoms with E-state index in [9.17, 15) is 5.53 Å². The van der Waals surface area contributed by atoms with Gasteiger partial charge in [0.05, 0.1) is 0 Å². The van der Waals surface area contributed by atoms with Crippen LogP contribution in [0.5, 0.6) is 0 Å². The number of azide groups is 1. The van der Waals surface area contributed by atoms with Crippen LogP contribution in [0, 0.1) is 11.3 Å². The Hall–Kier alpha value is -0.773. The molecule has 0 aromatic heterocycles. The summed E-state index contributed by atoms with van der Waals surface area (Å²) in [6, 6.07) is 0. The van der Waals surface area contributed by atoms with Crippen molar-refractivity contribution in [3.63, 3.8) is 0 Å². The van der Waals surface area contributed by atoms with Crippen molar-refractivity contribution in [3.05, 3.63) is 22.6 Å². The molecule has 4 nitrogen and oxygen atoms in total. The molecule has 2 atom stereocenters. The zero-order valence-corrected chi connectivity index (χ0v) is 18.1. The summed E-state index contributed by atoms with van der Waals surface area (Å²) in [5, 5.41) is 4.17. The Morgan fingerprint density at radius 3 is 1.92 bits per heavy atom. The van der Waals surface area contributed by atoms with Crippen LogP contribution in [0.4, 0.5) is 0 Å². The van der Waals surface area contributed by atoms with Crippen molar-refractivity contribution in [2.24, 2.45) is 16.4 Å². The van der Waals surface area contributed by atoms with E-state index in [-0.39, 0.29) is 5.41 Å². The molecule has 0 unspecified atom stereocenters. The molecular weight excluding hydrogens is 314 g/mol. The normalized spacial score (nSPS) is 25.4. The molecule has 0 amide bonds. The lowest BCUT2D eigenvalue weighted by atomic mass is 9.74. The quantitative estimate of drug-likeness (QED) is 0.164. The lowest BCUT2D eigenvalue weighted by Crippen LogP contribution is -2.54. The minimum atomic E-state index is -2.11. The van der Waals surface area contributed by atoms with Crippen molar-refractivity contribution in [2.75, 3.05) is 0 Å². The molecule has 0 saturated heterocycles. The van der Waals surface area contributed by atoms with Gasteiger partial charge in [-0.25, -0.2) is 0 Å². The van der Waals surface area contributed by atoms with Gasteiger partial charge >= 0.3 is 0 Å². The van der Waals surface area contributed by atoms with Gasteiger partial charge in [-0.3, -0.25) is 0 Å². The Morgan fingerprint density at radius 1 is 1.12 bits per heavy atom. The Balaban J connectivity index is 3.29. The van der Waals surface area contributed by atoms with Gasteiger partial charge in [0.15, 0.2) is 5.72 Å². The lowest BCUT2D eigenvalue weighted by Gasteiger charge is -2.48. The second kappa shape index (κ2) is 7.63. The van der Waals surface area contributed by atoms with E-state index in [1.165, 1.54) is 0 Å². The molecule has 0 aromatic carbocycles. The van der Waals surface area contributed by atoms with Gasteiger partial charge in [0.1, 0.15) is 0 Å². The molecular formula is C19H37N3OSi. The SMILES string of the molecule is CC(C)[Si](O[C@@]1(N=[N+]=[N-])C=C[C@@H](C(C)(C)C)CC1)(C(C)C)C(C)C. The van der Waals surface area contributed by atoms with E-state index in [1.54, 1.807) is 0 Å². The molecule has 0 N–H and O–H groups in total. The van der Waals surface area contributed by atoms with E-state index >= 15 is 0 Å². The van der Waals surface area contributed by atoms with Crippen LogP contribution in [0.15, 0.2) is 17.3 Å². The maximum atomic E-state index is 9.18. The molecule has 0 bridgehead atoms. The van der Waals surface area contributed by atoms with Crippen LogP contribution in [0.1, 0.15) is 75.2 Å². The first kappa shape index (κ1) is 21.3. The number of hydrogen-bond acceptors (Lipinski definition) is 2. The van der Waals surface area contributed by atoms with E-state index in [2.05, 4.69) is 84.5 Å². The number of hydrogen-bond donors (Lipinski definition) is 0. The molecule has 0 saturated carbocycles. The van der Waals surface area contributed by atoms with Crippen molar-refractivity contribution < 1.29 is 4.43 Å². The minimum Gasteiger partial charge on any atom is -0.402 e. The van der Waals surface area contributed by atoms with Gasteiger partial charge in [-0.1, -0.05) is 79.6 Å². The first-order valence-electron chi connectivity index (χ1n) is 9.37. The van der Waals surface area contributed by atoms with Gasteiger partial charge in [-0.2, -0.15) is 0 Å². The third-order valence-electron chi connectivity index (χ3n) is 5.79. The highest BCUT2D eigenvalue weighted by molar-refractivity contribution is 6.77. The van der Waals surface area contributed by atoms with Crippen molar-refractivity contribution in [2.45, 2.75) is 97.5 Å². The highest BCUT2D eigenvalue weighted by Crippen LogP contribution is 2.48. The van der Waals surface area contributed by atoms with E-state index in [0.717, 1.165) is 12.8 Å². The zero-order chi connectivity index (χ0) is 18.8. The second-order valence-corrected chi connectivity index (χ2v) is 14.7. The summed E-state index contributed by atoms with van der Waals surface area (Å²) in [6.07, 6.45) is 6.05. The van der Waals surface area contributed by atoms with E-state index in [1.807, 2.05) is 0 Å². The Morgan fingerprint density at radius 2 is 1.62 bits per heavy atom. The summed E-state index contributed by atoms with van der Waals surface area (Å²) in [7, 11) is -2.11. The molecule has 0 aliphatic heterocycles.